The third-order valence-electron chi connectivity index (χ3n) is 2.18. The highest BCUT2D eigenvalue weighted by atomic mass is 35.5. The Morgan fingerprint density at radius 3 is 2.75 bits per heavy atom. The first kappa shape index (κ1) is 15.2. The van der Waals surface area contributed by atoms with Crippen LogP contribution in [0.25, 0.3) is 0 Å². The largest absolute Gasteiger partial charge is 0.330 e. The lowest BCUT2D eigenvalue weighted by molar-refractivity contribution is -0.119. The lowest BCUT2D eigenvalue weighted by atomic mass is 10.1. The number of carbonyl (C=O) groups is 1. The minimum atomic E-state index is -0.207. The second kappa shape index (κ2) is 6.74. The predicted octanol–water partition coefficient (Wildman–Crippen LogP) is 2.60. The van der Waals surface area contributed by atoms with Crippen molar-refractivity contribution in [2.24, 2.45) is 11.7 Å². The summed E-state index contributed by atoms with van der Waals surface area (Å²) in [6.07, 6.45) is 0. The molecule has 90 valence electrons. The van der Waals surface area contributed by atoms with Crippen molar-refractivity contribution < 1.29 is 4.79 Å². The first-order chi connectivity index (χ1) is 7.04. The maximum absolute atomic E-state index is 11.6. The standard InChI is InChI=1S/C11H15ClN2O.ClH/c1-7-3-4-9(12)10(5-7)14-11(15)8(2)6-13;/h3-5,8H,6,13H2,1-2H3,(H,14,15);1H. The molecule has 5 heteroatoms. The number of hydrogen-bond acceptors (Lipinski definition) is 2. The number of aryl methyl sites for hydroxylation is 1. The molecule has 0 spiro atoms. The van der Waals surface area contributed by atoms with Gasteiger partial charge in [0.15, 0.2) is 0 Å². The van der Waals surface area contributed by atoms with Gasteiger partial charge in [0.05, 0.1) is 10.7 Å². The van der Waals surface area contributed by atoms with E-state index in [1.807, 2.05) is 19.1 Å². The molecule has 0 heterocycles. The number of rotatable bonds is 3. The van der Waals surface area contributed by atoms with Gasteiger partial charge in [0.25, 0.3) is 0 Å². The first-order valence-corrected chi connectivity index (χ1v) is 5.19. The molecule has 0 aliphatic carbocycles. The summed E-state index contributed by atoms with van der Waals surface area (Å²) in [6.45, 7) is 4.05. The van der Waals surface area contributed by atoms with Crippen LogP contribution >= 0.6 is 24.0 Å². The van der Waals surface area contributed by atoms with E-state index in [9.17, 15) is 4.79 Å². The summed E-state index contributed by atoms with van der Waals surface area (Å²) in [6, 6.07) is 5.49. The average Bonchev–Trinajstić information content (AvgIpc) is 2.22. The normalized spacial score (nSPS) is 11.5. The van der Waals surface area contributed by atoms with Gasteiger partial charge in [-0.1, -0.05) is 24.6 Å². The Labute approximate surface area is 107 Å². The van der Waals surface area contributed by atoms with E-state index in [1.165, 1.54) is 0 Å². The first-order valence-electron chi connectivity index (χ1n) is 4.81. The Bertz CT molecular complexity index is 369. The Morgan fingerprint density at radius 2 is 2.19 bits per heavy atom. The van der Waals surface area contributed by atoms with Gasteiger partial charge >= 0.3 is 0 Å². The van der Waals surface area contributed by atoms with Gasteiger partial charge in [-0.2, -0.15) is 0 Å². The second-order valence-electron chi connectivity index (χ2n) is 3.61. The fraction of sp³-hybridized carbons (Fsp3) is 0.364. The molecule has 0 aromatic heterocycles. The molecule has 0 bridgehead atoms. The molecule has 1 aromatic rings. The van der Waals surface area contributed by atoms with Gasteiger partial charge in [-0.25, -0.2) is 0 Å². The fourth-order valence-electron chi connectivity index (χ4n) is 1.10. The highest BCUT2D eigenvalue weighted by molar-refractivity contribution is 6.33. The van der Waals surface area contributed by atoms with Crippen LogP contribution in [0.15, 0.2) is 18.2 Å². The molecular weight excluding hydrogens is 247 g/mol. The molecule has 0 aliphatic rings. The van der Waals surface area contributed by atoms with Gasteiger partial charge in [0.1, 0.15) is 0 Å². The summed E-state index contributed by atoms with van der Waals surface area (Å²) in [4.78, 5) is 11.6. The van der Waals surface area contributed by atoms with E-state index >= 15 is 0 Å². The second-order valence-corrected chi connectivity index (χ2v) is 4.02. The molecule has 0 saturated carbocycles. The number of benzene rings is 1. The van der Waals surface area contributed by atoms with Crippen molar-refractivity contribution in [1.29, 1.82) is 0 Å². The van der Waals surface area contributed by atoms with Crippen molar-refractivity contribution in [3.05, 3.63) is 28.8 Å². The molecule has 16 heavy (non-hydrogen) atoms. The van der Waals surface area contributed by atoms with Crippen molar-refractivity contribution in [3.63, 3.8) is 0 Å². The van der Waals surface area contributed by atoms with E-state index < -0.39 is 0 Å². The van der Waals surface area contributed by atoms with Gasteiger partial charge < -0.3 is 11.1 Å². The molecule has 1 atom stereocenters. The summed E-state index contributed by atoms with van der Waals surface area (Å²) < 4.78 is 0. The molecule has 3 nitrogen and oxygen atoms in total. The zero-order valence-corrected chi connectivity index (χ0v) is 10.9. The molecule has 0 fully saturated rings. The number of halogens is 2. The summed E-state index contributed by atoms with van der Waals surface area (Å²) in [7, 11) is 0. The lowest BCUT2D eigenvalue weighted by Crippen LogP contribution is -2.26. The maximum Gasteiger partial charge on any atom is 0.228 e. The summed E-state index contributed by atoms with van der Waals surface area (Å²) in [5.74, 6) is -0.313. The highest BCUT2D eigenvalue weighted by Gasteiger charge is 2.12. The monoisotopic (exact) mass is 262 g/mol. The van der Waals surface area contributed by atoms with E-state index in [2.05, 4.69) is 5.32 Å². The van der Waals surface area contributed by atoms with Gasteiger partial charge in [-0.05, 0) is 24.6 Å². The number of carbonyl (C=O) groups excluding carboxylic acids is 1. The zero-order valence-electron chi connectivity index (χ0n) is 9.29. The molecule has 0 saturated heterocycles. The molecular formula is C11H16Cl2N2O. The molecule has 1 rings (SSSR count). The summed E-state index contributed by atoms with van der Waals surface area (Å²) in [5, 5.41) is 3.29. The third-order valence-corrected chi connectivity index (χ3v) is 2.51. The SMILES string of the molecule is Cc1ccc(Cl)c(NC(=O)C(C)CN)c1.Cl. The van der Waals surface area contributed by atoms with E-state index in [1.54, 1.807) is 13.0 Å². The Kier molecular flexibility index (Phi) is 6.41. The van der Waals surface area contributed by atoms with Crippen LogP contribution < -0.4 is 11.1 Å². The van der Waals surface area contributed by atoms with Gasteiger partial charge in [-0.15, -0.1) is 12.4 Å². The number of anilines is 1. The van der Waals surface area contributed by atoms with E-state index in [4.69, 9.17) is 17.3 Å². The van der Waals surface area contributed by atoms with Crippen molar-refractivity contribution in [1.82, 2.24) is 0 Å². The summed E-state index contributed by atoms with van der Waals surface area (Å²) >= 11 is 5.94. The van der Waals surface area contributed by atoms with Crippen LogP contribution in [0.3, 0.4) is 0 Å². The van der Waals surface area contributed by atoms with Crippen LogP contribution in [-0.2, 0) is 4.79 Å². The van der Waals surface area contributed by atoms with Crippen LogP contribution in [0, 0.1) is 12.8 Å². The van der Waals surface area contributed by atoms with Crippen LogP contribution in [0.1, 0.15) is 12.5 Å². The molecule has 3 N–H and O–H groups in total. The fourth-order valence-corrected chi connectivity index (χ4v) is 1.26. The van der Waals surface area contributed by atoms with Gasteiger partial charge in [-0.3, -0.25) is 4.79 Å². The molecule has 1 unspecified atom stereocenters. The minimum Gasteiger partial charge on any atom is -0.330 e. The van der Waals surface area contributed by atoms with Crippen LogP contribution in [-0.4, -0.2) is 12.5 Å². The van der Waals surface area contributed by atoms with Gasteiger partial charge in [0, 0.05) is 12.5 Å². The Morgan fingerprint density at radius 1 is 1.56 bits per heavy atom. The number of nitrogens with one attached hydrogen (secondary N) is 1. The smallest absolute Gasteiger partial charge is 0.228 e. The van der Waals surface area contributed by atoms with Gasteiger partial charge in [0.2, 0.25) is 5.91 Å². The molecule has 1 amide bonds. The van der Waals surface area contributed by atoms with E-state index in [0.717, 1.165) is 5.56 Å². The minimum absolute atomic E-state index is 0. The van der Waals surface area contributed by atoms with Crippen LogP contribution in [0.2, 0.25) is 5.02 Å². The number of hydrogen-bond donors (Lipinski definition) is 2. The lowest BCUT2D eigenvalue weighted by Gasteiger charge is -2.11. The molecule has 0 aliphatic heterocycles. The van der Waals surface area contributed by atoms with E-state index in [-0.39, 0.29) is 24.2 Å². The van der Waals surface area contributed by atoms with Crippen LogP contribution in [0.4, 0.5) is 5.69 Å². The van der Waals surface area contributed by atoms with Crippen molar-refractivity contribution in [2.45, 2.75) is 13.8 Å². The average molecular weight is 263 g/mol. The van der Waals surface area contributed by atoms with Crippen molar-refractivity contribution >= 4 is 35.6 Å². The van der Waals surface area contributed by atoms with Crippen molar-refractivity contribution in [3.8, 4) is 0 Å². The Balaban J connectivity index is 0.00000225. The van der Waals surface area contributed by atoms with E-state index in [0.29, 0.717) is 17.3 Å². The predicted molar refractivity (Wildman–Crippen MR) is 70.3 cm³/mol. The third kappa shape index (κ3) is 4.00. The molecule has 0 radical (unpaired) electrons. The summed E-state index contributed by atoms with van der Waals surface area (Å²) in [5.41, 5.74) is 7.09. The van der Waals surface area contributed by atoms with Crippen LogP contribution in [0.5, 0.6) is 0 Å². The molecule has 1 aromatic carbocycles. The number of nitrogens with two attached hydrogens (primary N) is 1. The zero-order chi connectivity index (χ0) is 11.4. The Hall–Kier alpha value is -0.770. The number of amides is 1. The topological polar surface area (TPSA) is 55.1 Å². The maximum atomic E-state index is 11.6. The highest BCUT2D eigenvalue weighted by Crippen LogP contribution is 2.23. The quantitative estimate of drug-likeness (QED) is 0.880. The van der Waals surface area contributed by atoms with Crippen molar-refractivity contribution in [2.75, 3.05) is 11.9 Å².